The molecule has 6 heteroatoms. The lowest BCUT2D eigenvalue weighted by molar-refractivity contribution is 0.183. The van der Waals surface area contributed by atoms with Gasteiger partial charge in [-0.15, -0.1) is 0 Å². The van der Waals surface area contributed by atoms with E-state index < -0.39 is 16.1 Å². The summed E-state index contributed by atoms with van der Waals surface area (Å²) in [4.78, 5) is 0.204. The normalized spacial score (nSPS) is 13.2. The molecule has 0 bridgehead atoms. The molecule has 1 aromatic heterocycles. The molecule has 3 aromatic rings. The highest BCUT2D eigenvalue weighted by Gasteiger charge is 2.19. The summed E-state index contributed by atoms with van der Waals surface area (Å²) in [6.45, 7) is 1.94. The number of nitrogens with one attached hydrogen (secondary N) is 1. The Labute approximate surface area is 148 Å². The van der Waals surface area contributed by atoms with E-state index in [1.807, 2.05) is 49.0 Å². The van der Waals surface area contributed by atoms with Crippen molar-refractivity contribution in [1.82, 2.24) is 9.29 Å². The number of rotatable bonds is 6. The van der Waals surface area contributed by atoms with Gasteiger partial charge in [-0.1, -0.05) is 37.3 Å². The smallest absolute Gasteiger partial charge is 0.240 e. The van der Waals surface area contributed by atoms with Gasteiger partial charge in [-0.25, -0.2) is 13.1 Å². The van der Waals surface area contributed by atoms with Crippen LogP contribution < -0.4 is 4.72 Å². The van der Waals surface area contributed by atoms with Crippen LogP contribution in [0.3, 0.4) is 0 Å². The van der Waals surface area contributed by atoms with Gasteiger partial charge in [0, 0.05) is 36.3 Å². The van der Waals surface area contributed by atoms with E-state index in [9.17, 15) is 13.5 Å². The van der Waals surface area contributed by atoms with Gasteiger partial charge < -0.3 is 9.67 Å². The molecule has 0 aliphatic heterocycles. The minimum Gasteiger partial charge on any atom is -0.387 e. The van der Waals surface area contributed by atoms with Gasteiger partial charge in [0.15, 0.2) is 0 Å². The fourth-order valence-corrected chi connectivity index (χ4v) is 3.96. The van der Waals surface area contributed by atoms with Crippen molar-refractivity contribution < 1.29 is 13.5 Å². The summed E-state index contributed by atoms with van der Waals surface area (Å²) in [6.07, 6.45) is 1.77. The highest BCUT2D eigenvalue weighted by molar-refractivity contribution is 7.89. The molecule has 5 nitrogen and oxygen atoms in total. The van der Waals surface area contributed by atoms with Crippen molar-refractivity contribution in [3.8, 4) is 0 Å². The molecule has 0 spiro atoms. The number of hydrogen-bond acceptors (Lipinski definition) is 3. The molecule has 1 heterocycles. The Morgan fingerprint density at radius 3 is 2.48 bits per heavy atom. The molecule has 0 aliphatic carbocycles. The number of aliphatic hydroxyl groups is 1. The van der Waals surface area contributed by atoms with Gasteiger partial charge in [0.2, 0.25) is 10.0 Å². The van der Waals surface area contributed by atoms with Crippen LogP contribution in [0.25, 0.3) is 10.9 Å². The molecule has 0 amide bonds. The lowest BCUT2D eigenvalue weighted by Crippen LogP contribution is -2.28. The number of fused-ring (bicyclic) bond motifs is 1. The van der Waals surface area contributed by atoms with E-state index in [-0.39, 0.29) is 11.4 Å². The fourth-order valence-electron chi connectivity index (χ4n) is 2.92. The molecule has 3 rings (SSSR count). The summed E-state index contributed by atoms with van der Waals surface area (Å²) < 4.78 is 29.2. The highest BCUT2D eigenvalue weighted by Crippen LogP contribution is 2.25. The molecule has 2 N–H and O–H groups in total. The van der Waals surface area contributed by atoms with Crippen LogP contribution in [0.1, 0.15) is 24.2 Å². The van der Waals surface area contributed by atoms with Crippen LogP contribution in [0.4, 0.5) is 0 Å². The zero-order chi connectivity index (χ0) is 18.0. The molecule has 132 valence electrons. The SMILES string of the molecule is CCc1ccc(S(=O)(=O)NCC(O)c2cn(C)c3ccccc23)cc1. The Kier molecular flexibility index (Phi) is 4.94. The first-order valence-electron chi connectivity index (χ1n) is 8.23. The summed E-state index contributed by atoms with van der Waals surface area (Å²) in [5.41, 5.74) is 2.78. The van der Waals surface area contributed by atoms with Crippen molar-refractivity contribution in [2.45, 2.75) is 24.3 Å². The van der Waals surface area contributed by atoms with Gasteiger partial charge in [-0.05, 0) is 30.2 Å². The Hall–Kier alpha value is -2.15. The standard InChI is InChI=1S/C19H22N2O3S/c1-3-14-8-10-15(11-9-14)25(23,24)20-12-19(22)17-13-21(2)18-7-5-4-6-16(17)18/h4-11,13,19-20,22H,3,12H2,1-2H3. The van der Waals surface area contributed by atoms with Crippen LogP contribution >= 0.6 is 0 Å². The Morgan fingerprint density at radius 2 is 1.80 bits per heavy atom. The zero-order valence-corrected chi connectivity index (χ0v) is 15.1. The maximum atomic E-state index is 12.4. The van der Waals surface area contributed by atoms with E-state index in [1.165, 1.54) is 0 Å². The average molecular weight is 358 g/mol. The largest absolute Gasteiger partial charge is 0.387 e. The van der Waals surface area contributed by atoms with Crippen LogP contribution in [0.5, 0.6) is 0 Å². The van der Waals surface area contributed by atoms with Crippen molar-refractivity contribution >= 4 is 20.9 Å². The van der Waals surface area contributed by atoms with Gasteiger partial charge in [0.25, 0.3) is 0 Å². The van der Waals surface area contributed by atoms with E-state index in [0.29, 0.717) is 5.56 Å². The molecule has 2 aromatic carbocycles. The number of sulfonamides is 1. The molecule has 25 heavy (non-hydrogen) atoms. The monoisotopic (exact) mass is 358 g/mol. The van der Waals surface area contributed by atoms with Crippen molar-refractivity contribution in [3.63, 3.8) is 0 Å². The minimum absolute atomic E-state index is 0.0775. The molecular weight excluding hydrogens is 336 g/mol. The van der Waals surface area contributed by atoms with Crippen LogP contribution in [0.15, 0.2) is 59.6 Å². The first kappa shape index (κ1) is 17.7. The number of benzene rings is 2. The lowest BCUT2D eigenvalue weighted by Gasteiger charge is -2.12. The number of aryl methyl sites for hydroxylation is 2. The predicted molar refractivity (Wildman–Crippen MR) is 98.9 cm³/mol. The van der Waals surface area contributed by atoms with E-state index in [1.54, 1.807) is 24.3 Å². The van der Waals surface area contributed by atoms with E-state index in [2.05, 4.69) is 4.72 Å². The Balaban J connectivity index is 1.77. The van der Waals surface area contributed by atoms with Crippen LogP contribution in [-0.4, -0.2) is 24.6 Å². The van der Waals surface area contributed by atoms with Gasteiger partial charge in [0.1, 0.15) is 0 Å². The lowest BCUT2D eigenvalue weighted by atomic mass is 10.1. The van der Waals surface area contributed by atoms with Crippen molar-refractivity contribution in [2.75, 3.05) is 6.54 Å². The second kappa shape index (κ2) is 7.00. The number of aromatic nitrogens is 1. The van der Waals surface area contributed by atoms with Gasteiger partial charge in [-0.3, -0.25) is 0 Å². The Bertz CT molecular complexity index is 976. The summed E-state index contributed by atoms with van der Waals surface area (Å²) in [5, 5.41) is 11.4. The third-order valence-electron chi connectivity index (χ3n) is 4.40. The van der Waals surface area contributed by atoms with Crippen molar-refractivity contribution in [1.29, 1.82) is 0 Å². The first-order valence-corrected chi connectivity index (χ1v) is 9.71. The van der Waals surface area contributed by atoms with Crippen molar-refractivity contribution in [2.24, 2.45) is 7.05 Å². The molecule has 1 unspecified atom stereocenters. The minimum atomic E-state index is -3.65. The molecule has 0 aliphatic rings. The molecule has 0 fully saturated rings. The molecule has 0 saturated heterocycles. The summed E-state index contributed by atoms with van der Waals surface area (Å²) >= 11 is 0. The second-order valence-electron chi connectivity index (χ2n) is 6.08. The quantitative estimate of drug-likeness (QED) is 0.712. The zero-order valence-electron chi connectivity index (χ0n) is 14.3. The summed E-state index contributed by atoms with van der Waals surface area (Å²) in [6, 6.07) is 14.5. The molecule has 1 atom stereocenters. The molecule has 0 saturated carbocycles. The molecular formula is C19H22N2O3S. The van der Waals surface area contributed by atoms with Crippen LogP contribution in [0, 0.1) is 0 Å². The number of para-hydroxylation sites is 1. The third-order valence-corrected chi connectivity index (χ3v) is 5.83. The maximum absolute atomic E-state index is 12.4. The third kappa shape index (κ3) is 3.61. The highest BCUT2D eigenvalue weighted by atomic mass is 32.2. The van der Waals surface area contributed by atoms with Gasteiger partial charge in [-0.2, -0.15) is 0 Å². The second-order valence-corrected chi connectivity index (χ2v) is 7.84. The number of aliphatic hydroxyl groups excluding tert-OH is 1. The number of nitrogens with zero attached hydrogens (tertiary/aromatic N) is 1. The van der Waals surface area contributed by atoms with Crippen LogP contribution in [-0.2, 0) is 23.5 Å². The van der Waals surface area contributed by atoms with Crippen LogP contribution in [0.2, 0.25) is 0 Å². The van der Waals surface area contributed by atoms with Gasteiger partial charge >= 0.3 is 0 Å². The fraction of sp³-hybridized carbons (Fsp3) is 0.263. The van der Waals surface area contributed by atoms with Gasteiger partial charge in [0.05, 0.1) is 11.0 Å². The van der Waals surface area contributed by atoms with E-state index in [0.717, 1.165) is 22.9 Å². The summed E-state index contributed by atoms with van der Waals surface area (Å²) in [7, 11) is -1.75. The number of hydrogen-bond donors (Lipinski definition) is 2. The molecule has 0 radical (unpaired) electrons. The Morgan fingerprint density at radius 1 is 1.12 bits per heavy atom. The average Bonchev–Trinajstić information content (AvgIpc) is 2.97. The summed E-state index contributed by atoms with van der Waals surface area (Å²) in [5.74, 6) is 0. The van der Waals surface area contributed by atoms with Crippen molar-refractivity contribution in [3.05, 3.63) is 65.9 Å². The first-order chi connectivity index (χ1) is 11.9. The predicted octanol–water partition coefficient (Wildman–Crippen LogP) is 2.75. The van der Waals surface area contributed by atoms with E-state index >= 15 is 0 Å². The van der Waals surface area contributed by atoms with E-state index in [4.69, 9.17) is 0 Å². The maximum Gasteiger partial charge on any atom is 0.240 e. The topological polar surface area (TPSA) is 71.3 Å².